The van der Waals surface area contributed by atoms with Gasteiger partial charge in [-0.2, -0.15) is 0 Å². The molecule has 2 N–H and O–H groups in total. The molecule has 0 aromatic heterocycles. The second kappa shape index (κ2) is 3.35. The number of halogens is 4. The minimum absolute atomic E-state index is 0.0216. The van der Waals surface area contributed by atoms with Crippen LogP contribution < -0.4 is 0 Å². The second-order valence-corrected chi connectivity index (χ2v) is 8.23. The minimum atomic E-state index is -0.744. The molecule has 4 aliphatic rings. The molecule has 100 valence electrons. The number of aliphatic hydroxyl groups is 2. The molecule has 0 saturated heterocycles. The Balaban J connectivity index is 1.89. The van der Waals surface area contributed by atoms with E-state index >= 15 is 0 Å². The molecule has 0 aliphatic heterocycles. The molecule has 0 aromatic carbocycles. The molecule has 0 aromatic rings. The molecule has 8 unspecified atom stereocenters. The summed E-state index contributed by atoms with van der Waals surface area (Å²) in [5, 5.41) is 21.0. The van der Waals surface area contributed by atoms with Crippen LogP contribution in [0.1, 0.15) is 12.8 Å². The van der Waals surface area contributed by atoms with Crippen molar-refractivity contribution in [3.63, 3.8) is 0 Å². The van der Waals surface area contributed by atoms with Crippen LogP contribution in [0.15, 0.2) is 10.1 Å². The molecular formula is C12H12Cl4O2. The third kappa shape index (κ3) is 1.07. The van der Waals surface area contributed by atoms with Gasteiger partial charge in [0.2, 0.25) is 0 Å². The van der Waals surface area contributed by atoms with Crippen LogP contribution in [0.5, 0.6) is 0 Å². The van der Waals surface area contributed by atoms with Crippen LogP contribution in [-0.2, 0) is 0 Å². The largest absolute Gasteiger partial charge is 0.390 e. The fourth-order valence-corrected chi connectivity index (χ4v) is 7.11. The van der Waals surface area contributed by atoms with Crippen LogP contribution in [0.4, 0.5) is 0 Å². The highest BCUT2D eigenvalue weighted by molar-refractivity contribution is 6.51. The average Bonchev–Trinajstić information content (AvgIpc) is 2.95. The Hall–Kier alpha value is 0.820. The lowest BCUT2D eigenvalue weighted by molar-refractivity contribution is -0.0559. The quantitative estimate of drug-likeness (QED) is 0.530. The summed E-state index contributed by atoms with van der Waals surface area (Å²) in [6.45, 7) is 0. The highest BCUT2D eigenvalue weighted by Crippen LogP contribution is 2.76. The van der Waals surface area contributed by atoms with E-state index in [2.05, 4.69) is 0 Å². The highest BCUT2D eigenvalue weighted by Gasteiger charge is 2.77. The zero-order valence-corrected chi connectivity index (χ0v) is 12.3. The van der Waals surface area contributed by atoms with E-state index in [0.29, 0.717) is 16.5 Å². The third-order valence-electron chi connectivity index (χ3n) is 5.57. The molecule has 0 heterocycles. The van der Waals surface area contributed by atoms with E-state index in [1.165, 1.54) is 0 Å². The Bertz CT molecular complexity index is 441. The number of alkyl halides is 2. The normalized spacial score (nSPS) is 65.0. The van der Waals surface area contributed by atoms with Gasteiger partial charge in [-0.1, -0.05) is 23.2 Å². The first-order chi connectivity index (χ1) is 8.32. The number of hydrogen-bond donors (Lipinski definition) is 2. The summed E-state index contributed by atoms with van der Waals surface area (Å²) in [5.74, 6) is 0.00316. The average molecular weight is 330 g/mol. The Kier molecular flexibility index (Phi) is 2.33. The van der Waals surface area contributed by atoms with Crippen molar-refractivity contribution in [1.82, 2.24) is 0 Å². The Labute approximate surface area is 125 Å². The second-order valence-electron chi connectivity index (χ2n) is 6.13. The van der Waals surface area contributed by atoms with Crippen LogP contribution in [0.25, 0.3) is 0 Å². The topological polar surface area (TPSA) is 40.5 Å². The lowest BCUT2D eigenvalue weighted by Crippen LogP contribution is -2.50. The lowest BCUT2D eigenvalue weighted by atomic mass is 9.70. The molecule has 6 heteroatoms. The van der Waals surface area contributed by atoms with Gasteiger partial charge in [0, 0.05) is 0 Å². The number of hydrogen-bond acceptors (Lipinski definition) is 2. The zero-order valence-electron chi connectivity index (χ0n) is 9.28. The molecule has 0 radical (unpaired) electrons. The molecule has 4 aliphatic carbocycles. The summed E-state index contributed by atoms with van der Waals surface area (Å²) in [6.07, 6.45) is -0.165. The first-order valence-electron chi connectivity index (χ1n) is 6.12. The summed E-state index contributed by atoms with van der Waals surface area (Å²) in [5.41, 5.74) is 0. The van der Waals surface area contributed by atoms with E-state index in [1.54, 1.807) is 0 Å². The molecule has 4 bridgehead atoms. The number of allylic oxidation sites excluding steroid dienone is 2. The van der Waals surface area contributed by atoms with Crippen molar-refractivity contribution < 1.29 is 10.2 Å². The molecular weight excluding hydrogens is 318 g/mol. The molecule has 3 saturated carbocycles. The SMILES string of the molecule is OC1C(O)C2CC1C1C2C2(Cl)CC1(Cl)C(Cl)=C2Cl. The molecule has 2 nitrogen and oxygen atoms in total. The van der Waals surface area contributed by atoms with Gasteiger partial charge in [-0.15, -0.1) is 23.2 Å². The van der Waals surface area contributed by atoms with Crippen LogP contribution >= 0.6 is 46.4 Å². The molecule has 4 rings (SSSR count). The van der Waals surface area contributed by atoms with Crippen molar-refractivity contribution in [3.8, 4) is 0 Å². The van der Waals surface area contributed by atoms with Crippen molar-refractivity contribution in [3.05, 3.63) is 10.1 Å². The standard InChI is InChI=1S/C12H12Cl4O2/c13-9-10(14)12(16)2-11(9,15)5-3-1-4(6(5)12)8(18)7(3)17/h3-8,17-18H,1-2H2. The smallest absolute Gasteiger partial charge is 0.0868 e. The van der Waals surface area contributed by atoms with Crippen LogP contribution in [0.2, 0.25) is 0 Å². The number of fused-ring (bicyclic) bond motifs is 9. The first kappa shape index (κ1) is 12.6. The summed E-state index contributed by atoms with van der Waals surface area (Å²) >= 11 is 25.9. The maximum absolute atomic E-state index is 10.1. The molecule has 8 atom stereocenters. The van der Waals surface area contributed by atoms with Crippen molar-refractivity contribution in [2.75, 3.05) is 0 Å². The lowest BCUT2D eigenvalue weighted by Gasteiger charge is -2.43. The van der Waals surface area contributed by atoms with E-state index in [1.807, 2.05) is 0 Å². The van der Waals surface area contributed by atoms with Crippen LogP contribution in [0.3, 0.4) is 0 Å². The van der Waals surface area contributed by atoms with Gasteiger partial charge in [-0.3, -0.25) is 0 Å². The molecule has 0 amide bonds. The van der Waals surface area contributed by atoms with Crippen LogP contribution in [0, 0.1) is 23.7 Å². The summed E-state index contributed by atoms with van der Waals surface area (Å²) in [7, 11) is 0. The van der Waals surface area contributed by atoms with E-state index in [0.717, 1.165) is 6.42 Å². The fraction of sp³-hybridized carbons (Fsp3) is 0.833. The van der Waals surface area contributed by atoms with E-state index in [9.17, 15) is 10.2 Å². The van der Waals surface area contributed by atoms with Gasteiger partial charge >= 0.3 is 0 Å². The van der Waals surface area contributed by atoms with Gasteiger partial charge < -0.3 is 10.2 Å². The van der Waals surface area contributed by atoms with E-state index < -0.39 is 22.0 Å². The van der Waals surface area contributed by atoms with Gasteiger partial charge in [0.15, 0.2) is 0 Å². The summed E-state index contributed by atoms with van der Waals surface area (Å²) in [6, 6.07) is 0. The van der Waals surface area contributed by atoms with Crippen LogP contribution in [-0.4, -0.2) is 32.2 Å². The molecule has 18 heavy (non-hydrogen) atoms. The Morgan fingerprint density at radius 1 is 0.889 bits per heavy atom. The first-order valence-corrected chi connectivity index (χ1v) is 7.64. The van der Waals surface area contributed by atoms with E-state index in [-0.39, 0.29) is 23.7 Å². The van der Waals surface area contributed by atoms with Gasteiger partial charge in [0.1, 0.15) is 0 Å². The van der Waals surface area contributed by atoms with Gasteiger partial charge in [-0.25, -0.2) is 0 Å². The maximum Gasteiger partial charge on any atom is 0.0868 e. The maximum atomic E-state index is 10.1. The van der Waals surface area contributed by atoms with Crippen molar-refractivity contribution in [2.45, 2.75) is 34.8 Å². The number of rotatable bonds is 0. The monoisotopic (exact) mass is 328 g/mol. The zero-order chi connectivity index (χ0) is 13.0. The van der Waals surface area contributed by atoms with Crippen molar-refractivity contribution in [2.24, 2.45) is 23.7 Å². The third-order valence-corrected chi connectivity index (χ3v) is 8.07. The highest BCUT2D eigenvalue weighted by atomic mass is 35.5. The van der Waals surface area contributed by atoms with Crippen molar-refractivity contribution in [1.29, 1.82) is 0 Å². The molecule has 3 fully saturated rings. The van der Waals surface area contributed by atoms with Crippen molar-refractivity contribution >= 4 is 46.4 Å². The predicted molar refractivity (Wildman–Crippen MR) is 71.1 cm³/mol. The van der Waals surface area contributed by atoms with Gasteiger partial charge in [-0.05, 0) is 36.5 Å². The molecule has 0 spiro atoms. The summed E-state index contributed by atoms with van der Waals surface area (Å²) < 4.78 is 0. The van der Waals surface area contributed by atoms with E-state index in [4.69, 9.17) is 46.4 Å². The summed E-state index contributed by atoms with van der Waals surface area (Å²) in [4.78, 5) is -1.49. The Morgan fingerprint density at radius 2 is 1.28 bits per heavy atom. The van der Waals surface area contributed by atoms with Gasteiger partial charge in [0.25, 0.3) is 0 Å². The fourth-order valence-electron chi connectivity index (χ4n) is 5.02. The minimum Gasteiger partial charge on any atom is -0.390 e. The van der Waals surface area contributed by atoms with Gasteiger partial charge in [0.05, 0.1) is 32.0 Å². The Morgan fingerprint density at radius 3 is 1.67 bits per heavy atom. The number of aliphatic hydroxyl groups excluding tert-OH is 2. The predicted octanol–water partition coefficient (Wildman–Crippen LogP) is 2.65.